The average Bonchev–Trinajstić information content (AvgIpc) is 3.37. The number of ether oxygens (including phenoxy) is 3. The van der Waals surface area contributed by atoms with Crippen molar-refractivity contribution < 1.29 is 19.0 Å². The van der Waals surface area contributed by atoms with Crippen molar-refractivity contribution >= 4 is 17.2 Å². The molecule has 1 aromatic heterocycles. The van der Waals surface area contributed by atoms with Gasteiger partial charge in [0.2, 0.25) is 12.5 Å². The maximum atomic E-state index is 12.1. The fourth-order valence-electron chi connectivity index (χ4n) is 3.73. The number of methoxy groups -OCH3 is 1. The van der Waals surface area contributed by atoms with E-state index in [0.717, 1.165) is 61.0 Å². The normalized spacial score (nSPS) is 19.1. The number of carbonyl (C=O) groups excluding carboxylic acids is 1. The van der Waals surface area contributed by atoms with Gasteiger partial charge in [0, 0.05) is 19.6 Å². The Morgan fingerprint density at radius 3 is 3.15 bits per heavy atom. The third-order valence-corrected chi connectivity index (χ3v) is 5.89. The van der Waals surface area contributed by atoms with Crippen LogP contribution in [0.3, 0.4) is 0 Å². The second-order valence-corrected chi connectivity index (χ2v) is 7.91. The number of benzene rings is 1. The van der Waals surface area contributed by atoms with Crippen LogP contribution in [0.2, 0.25) is 0 Å². The summed E-state index contributed by atoms with van der Waals surface area (Å²) in [6.45, 7) is 3.83. The van der Waals surface area contributed by atoms with E-state index >= 15 is 0 Å². The van der Waals surface area contributed by atoms with Crippen LogP contribution < -0.4 is 19.5 Å². The van der Waals surface area contributed by atoms with Crippen molar-refractivity contribution in [1.29, 1.82) is 0 Å². The van der Waals surface area contributed by atoms with Crippen molar-refractivity contribution in [2.75, 3.05) is 33.5 Å². The number of hydrogen-bond acceptors (Lipinski definition) is 6. The van der Waals surface area contributed by atoms with E-state index in [1.165, 1.54) is 11.3 Å². The zero-order valence-electron chi connectivity index (χ0n) is 15.4. The molecule has 1 saturated heterocycles. The van der Waals surface area contributed by atoms with Gasteiger partial charge in [-0.2, -0.15) is 0 Å². The minimum Gasteiger partial charge on any atom is -0.493 e. The van der Waals surface area contributed by atoms with Crippen LogP contribution in [0.4, 0.5) is 0 Å². The van der Waals surface area contributed by atoms with Gasteiger partial charge in [0.1, 0.15) is 0 Å². The van der Waals surface area contributed by atoms with Gasteiger partial charge in [-0.1, -0.05) is 6.07 Å². The molecule has 0 saturated carbocycles. The molecule has 1 N–H and O–H groups in total. The summed E-state index contributed by atoms with van der Waals surface area (Å²) in [5.41, 5.74) is 1.15. The maximum absolute atomic E-state index is 12.1. The van der Waals surface area contributed by atoms with Gasteiger partial charge in [0.05, 0.1) is 12.0 Å². The molecule has 4 rings (SSSR count). The lowest BCUT2D eigenvalue weighted by atomic mass is 9.97. The number of likely N-dealkylation sites (tertiary alicyclic amines) is 1. The highest BCUT2D eigenvalue weighted by molar-refractivity contribution is 7.12. The number of rotatable bonds is 6. The smallest absolute Gasteiger partial charge is 0.261 e. The van der Waals surface area contributed by atoms with E-state index in [1.54, 1.807) is 7.11 Å². The summed E-state index contributed by atoms with van der Waals surface area (Å²) in [5.74, 6) is 2.66. The summed E-state index contributed by atoms with van der Waals surface area (Å²) < 4.78 is 16.4. The average molecular weight is 388 g/mol. The zero-order chi connectivity index (χ0) is 18.6. The number of thiophene rings is 1. The molecular weight excluding hydrogens is 364 g/mol. The maximum Gasteiger partial charge on any atom is 0.261 e. The number of nitrogens with one attached hydrogen (secondary N) is 1. The lowest BCUT2D eigenvalue weighted by Crippen LogP contribution is -2.40. The molecule has 7 heteroatoms. The Kier molecular flexibility index (Phi) is 5.50. The molecule has 144 valence electrons. The fraction of sp³-hybridized carbons (Fsp3) is 0.450. The van der Waals surface area contributed by atoms with Gasteiger partial charge in [-0.05, 0) is 54.4 Å². The molecule has 2 aliphatic rings. The Hall–Kier alpha value is -2.25. The van der Waals surface area contributed by atoms with Crippen LogP contribution in [0.5, 0.6) is 17.2 Å². The predicted octanol–water partition coefficient (Wildman–Crippen LogP) is 3.13. The summed E-state index contributed by atoms with van der Waals surface area (Å²) >= 11 is 1.48. The van der Waals surface area contributed by atoms with Crippen LogP contribution in [-0.2, 0) is 6.54 Å². The Balaban J connectivity index is 1.34. The van der Waals surface area contributed by atoms with Crippen LogP contribution in [0.25, 0.3) is 0 Å². The van der Waals surface area contributed by atoms with Crippen LogP contribution in [0.15, 0.2) is 29.6 Å². The second kappa shape index (κ2) is 8.19. The summed E-state index contributed by atoms with van der Waals surface area (Å²) in [6, 6.07) is 7.82. The van der Waals surface area contributed by atoms with Gasteiger partial charge in [-0.3, -0.25) is 9.69 Å². The first kappa shape index (κ1) is 18.1. The van der Waals surface area contributed by atoms with E-state index < -0.39 is 0 Å². The summed E-state index contributed by atoms with van der Waals surface area (Å²) in [5, 5.41) is 5.01. The Morgan fingerprint density at radius 1 is 1.41 bits per heavy atom. The van der Waals surface area contributed by atoms with Gasteiger partial charge < -0.3 is 19.5 Å². The first-order valence-corrected chi connectivity index (χ1v) is 10.1. The van der Waals surface area contributed by atoms with Crippen molar-refractivity contribution in [3.05, 3.63) is 40.1 Å². The minimum atomic E-state index is 0.0302. The molecule has 2 aliphatic heterocycles. The lowest BCUT2D eigenvalue weighted by molar-refractivity contribution is 0.0934. The highest BCUT2D eigenvalue weighted by atomic mass is 32.1. The number of piperidine rings is 1. The largest absolute Gasteiger partial charge is 0.493 e. The van der Waals surface area contributed by atoms with E-state index in [0.29, 0.717) is 11.7 Å². The molecule has 1 atom stereocenters. The molecule has 0 spiro atoms. The van der Waals surface area contributed by atoms with E-state index in [-0.39, 0.29) is 12.7 Å². The monoisotopic (exact) mass is 388 g/mol. The van der Waals surface area contributed by atoms with Crippen molar-refractivity contribution in [3.63, 3.8) is 0 Å². The van der Waals surface area contributed by atoms with Gasteiger partial charge in [0.25, 0.3) is 5.91 Å². The number of nitrogens with zero attached hydrogens (tertiary/aromatic N) is 1. The van der Waals surface area contributed by atoms with E-state index in [9.17, 15) is 4.79 Å². The first-order valence-electron chi connectivity index (χ1n) is 9.23. The Bertz CT molecular complexity index is 794. The van der Waals surface area contributed by atoms with Gasteiger partial charge in [-0.15, -0.1) is 11.3 Å². The lowest BCUT2D eigenvalue weighted by Gasteiger charge is -2.33. The van der Waals surface area contributed by atoms with Crippen LogP contribution in [-0.4, -0.2) is 44.3 Å². The SMILES string of the molecule is COc1cc(CN2CCC[C@@H](CNC(=O)c3cccs3)C2)cc2c1OCO2. The molecule has 0 unspecified atom stereocenters. The summed E-state index contributed by atoms with van der Waals surface area (Å²) in [4.78, 5) is 15.4. The zero-order valence-corrected chi connectivity index (χ0v) is 16.2. The Labute approximate surface area is 163 Å². The molecule has 1 fully saturated rings. The third kappa shape index (κ3) is 4.20. The predicted molar refractivity (Wildman–Crippen MR) is 104 cm³/mol. The van der Waals surface area contributed by atoms with E-state index in [2.05, 4.69) is 10.2 Å². The van der Waals surface area contributed by atoms with Gasteiger partial charge in [-0.25, -0.2) is 0 Å². The molecule has 0 bridgehead atoms. The summed E-state index contributed by atoms with van der Waals surface area (Å²) in [7, 11) is 1.65. The number of hydrogen-bond donors (Lipinski definition) is 1. The molecule has 1 aromatic carbocycles. The van der Waals surface area contributed by atoms with Crippen LogP contribution in [0.1, 0.15) is 28.1 Å². The number of fused-ring (bicyclic) bond motifs is 1. The molecule has 0 aliphatic carbocycles. The third-order valence-electron chi connectivity index (χ3n) is 5.02. The molecule has 27 heavy (non-hydrogen) atoms. The summed E-state index contributed by atoms with van der Waals surface area (Å²) in [6.07, 6.45) is 2.28. The fourth-order valence-corrected chi connectivity index (χ4v) is 4.37. The van der Waals surface area contributed by atoms with E-state index in [1.807, 2.05) is 29.6 Å². The van der Waals surface area contributed by atoms with Crippen molar-refractivity contribution in [2.24, 2.45) is 5.92 Å². The van der Waals surface area contributed by atoms with Crippen LogP contribution >= 0.6 is 11.3 Å². The molecule has 6 nitrogen and oxygen atoms in total. The molecule has 1 amide bonds. The van der Waals surface area contributed by atoms with Crippen molar-refractivity contribution in [2.45, 2.75) is 19.4 Å². The second-order valence-electron chi connectivity index (χ2n) is 6.96. The van der Waals surface area contributed by atoms with Crippen LogP contribution in [0, 0.1) is 5.92 Å². The quantitative estimate of drug-likeness (QED) is 0.824. The molecular formula is C20H24N2O4S. The standard InChI is InChI=1S/C20H24N2O4S/c1-24-16-8-15(9-17-19(16)26-13-25-17)12-22-6-2-4-14(11-22)10-21-20(23)18-5-3-7-27-18/h3,5,7-9,14H,2,4,6,10-13H2,1H3,(H,21,23)/t14-/m0/s1. The number of carbonyl (C=O) groups is 1. The van der Waals surface area contributed by atoms with Crippen molar-refractivity contribution in [3.8, 4) is 17.2 Å². The molecule has 2 aromatic rings. The highest BCUT2D eigenvalue weighted by Crippen LogP contribution is 2.42. The minimum absolute atomic E-state index is 0.0302. The molecule has 3 heterocycles. The highest BCUT2D eigenvalue weighted by Gasteiger charge is 2.24. The van der Waals surface area contributed by atoms with Gasteiger partial charge >= 0.3 is 0 Å². The van der Waals surface area contributed by atoms with E-state index in [4.69, 9.17) is 14.2 Å². The molecule has 0 radical (unpaired) electrons. The number of amides is 1. The van der Waals surface area contributed by atoms with Gasteiger partial charge in [0.15, 0.2) is 11.5 Å². The topological polar surface area (TPSA) is 60.0 Å². The first-order chi connectivity index (χ1) is 13.2. The Morgan fingerprint density at radius 2 is 2.33 bits per heavy atom. The van der Waals surface area contributed by atoms with Crippen molar-refractivity contribution in [1.82, 2.24) is 10.2 Å².